The number of aliphatic hydroxyl groups is 1. The van der Waals surface area contributed by atoms with Crippen LogP contribution in [0.15, 0.2) is 12.3 Å². The topological polar surface area (TPSA) is 45.6 Å². The highest BCUT2D eigenvalue weighted by atomic mass is 19.1. The van der Waals surface area contributed by atoms with E-state index >= 15 is 0 Å². The van der Waals surface area contributed by atoms with Crippen molar-refractivity contribution in [2.45, 2.75) is 32.0 Å². The van der Waals surface area contributed by atoms with Gasteiger partial charge in [-0.05, 0) is 25.3 Å². The third-order valence-electron chi connectivity index (χ3n) is 3.23. The molecule has 0 bridgehead atoms. The van der Waals surface area contributed by atoms with E-state index in [0.717, 1.165) is 25.9 Å². The lowest BCUT2D eigenvalue weighted by Gasteiger charge is -2.28. The highest BCUT2D eigenvalue weighted by Crippen LogP contribution is 2.21. The standard InChI is InChI=1S/C13H19FN2O2/c1-16(8-11-4-2-3-7-18-11)13-12(14)10(9-17)5-6-15-13/h5-6,11,17H,2-4,7-9H2,1H3. The van der Waals surface area contributed by atoms with Gasteiger partial charge in [0.1, 0.15) is 0 Å². The van der Waals surface area contributed by atoms with Gasteiger partial charge in [-0.3, -0.25) is 0 Å². The summed E-state index contributed by atoms with van der Waals surface area (Å²) >= 11 is 0. The second-order valence-electron chi connectivity index (χ2n) is 4.63. The molecule has 1 fully saturated rings. The van der Waals surface area contributed by atoms with Crippen LogP contribution in [0.1, 0.15) is 24.8 Å². The van der Waals surface area contributed by atoms with Crippen molar-refractivity contribution in [3.8, 4) is 0 Å². The molecule has 2 heterocycles. The summed E-state index contributed by atoms with van der Waals surface area (Å²) in [5.41, 5.74) is 0.274. The molecule has 100 valence electrons. The van der Waals surface area contributed by atoms with E-state index < -0.39 is 5.82 Å². The van der Waals surface area contributed by atoms with E-state index in [9.17, 15) is 4.39 Å². The number of aliphatic hydroxyl groups excluding tert-OH is 1. The molecule has 0 spiro atoms. The van der Waals surface area contributed by atoms with E-state index in [1.165, 1.54) is 12.3 Å². The second kappa shape index (κ2) is 6.11. The maximum absolute atomic E-state index is 14.0. The minimum Gasteiger partial charge on any atom is -0.392 e. The van der Waals surface area contributed by atoms with Gasteiger partial charge in [-0.2, -0.15) is 0 Å². The van der Waals surface area contributed by atoms with Crippen LogP contribution >= 0.6 is 0 Å². The molecule has 1 atom stereocenters. The lowest BCUT2D eigenvalue weighted by Crippen LogP contribution is -2.34. The fourth-order valence-corrected chi connectivity index (χ4v) is 2.20. The van der Waals surface area contributed by atoms with Crippen LogP contribution < -0.4 is 4.90 Å². The lowest BCUT2D eigenvalue weighted by molar-refractivity contribution is 0.0214. The van der Waals surface area contributed by atoms with Gasteiger partial charge < -0.3 is 14.7 Å². The Morgan fingerprint density at radius 1 is 1.56 bits per heavy atom. The Kier molecular flexibility index (Phi) is 4.49. The predicted octanol–water partition coefficient (Wildman–Crippen LogP) is 1.72. The number of hydrogen-bond acceptors (Lipinski definition) is 4. The van der Waals surface area contributed by atoms with Crippen molar-refractivity contribution in [2.24, 2.45) is 0 Å². The molecule has 18 heavy (non-hydrogen) atoms. The van der Waals surface area contributed by atoms with Gasteiger partial charge in [0, 0.05) is 32.0 Å². The van der Waals surface area contributed by atoms with E-state index in [1.54, 1.807) is 11.9 Å². The van der Waals surface area contributed by atoms with Gasteiger partial charge in [-0.15, -0.1) is 0 Å². The normalized spacial score (nSPS) is 19.8. The van der Waals surface area contributed by atoms with Gasteiger partial charge in [0.25, 0.3) is 0 Å². The first-order valence-electron chi connectivity index (χ1n) is 6.29. The summed E-state index contributed by atoms with van der Waals surface area (Å²) in [6.45, 7) is 1.10. The number of rotatable bonds is 4. The summed E-state index contributed by atoms with van der Waals surface area (Å²) in [7, 11) is 1.80. The van der Waals surface area contributed by atoms with Crippen LogP contribution in [-0.2, 0) is 11.3 Å². The number of anilines is 1. The van der Waals surface area contributed by atoms with Gasteiger partial charge >= 0.3 is 0 Å². The highest BCUT2D eigenvalue weighted by molar-refractivity contribution is 5.42. The van der Waals surface area contributed by atoms with Crippen LogP contribution in [0.5, 0.6) is 0 Å². The molecule has 1 N–H and O–H groups in total. The Morgan fingerprint density at radius 3 is 3.06 bits per heavy atom. The first kappa shape index (κ1) is 13.2. The monoisotopic (exact) mass is 254 g/mol. The quantitative estimate of drug-likeness (QED) is 0.888. The third-order valence-corrected chi connectivity index (χ3v) is 3.23. The molecule has 1 aromatic heterocycles. The number of pyridine rings is 1. The summed E-state index contributed by atoms with van der Waals surface area (Å²) in [6.07, 6.45) is 4.92. The summed E-state index contributed by atoms with van der Waals surface area (Å²) in [6, 6.07) is 1.49. The Balaban J connectivity index is 2.05. The van der Waals surface area contributed by atoms with Crippen LogP contribution in [0.3, 0.4) is 0 Å². The molecule has 1 saturated heterocycles. The van der Waals surface area contributed by atoms with Gasteiger partial charge in [0.2, 0.25) is 0 Å². The summed E-state index contributed by atoms with van der Waals surface area (Å²) in [5.74, 6) is -0.172. The van der Waals surface area contributed by atoms with Crippen LogP contribution in [0.25, 0.3) is 0 Å². The molecular formula is C13H19FN2O2. The number of halogens is 1. The maximum Gasteiger partial charge on any atom is 0.171 e. The average molecular weight is 254 g/mol. The number of hydrogen-bond donors (Lipinski definition) is 1. The van der Waals surface area contributed by atoms with Crippen LogP contribution in [0.4, 0.5) is 10.2 Å². The summed E-state index contributed by atoms with van der Waals surface area (Å²) < 4.78 is 19.6. The van der Waals surface area contributed by atoms with E-state index in [-0.39, 0.29) is 24.1 Å². The molecule has 5 heteroatoms. The SMILES string of the molecule is CN(CC1CCCCO1)c1nccc(CO)c1F. The fourth-order valence-electron chi connectivity index (χ4n) is 2.20. The molecule has 0 amide bonds. The number of nitrogens with zero attached hydrogens (tertiary/aromatic N) is 2. The molecular weight excluding hydrogens is 235 g/mol. The zero-order valence-electron chi connectivity index (χ0n) is 10.6. The van der Waals surface area contributed by atoms with Crippen LogP contribution in [0, 0.1) is 5.82 Å². The Morgan fingerprint density at radius 2 is 2.39 bits per heavy atom. The molecule has 2 rings (SSSR count). The Bertz CT molecular complexity index is 395. The number of aromatic nitrogens is 1. The van der Waals surface area contributed by atoms with E-state index in [4.69, 9.17) is 9.84 Å². The predicted molar refractivity (Wildman–Crippen MR) is 67.0 cm³/mol. The van der Waals surface area contributed by atoms with Gasteiger partial charge in [0.05, 0.1) is 12.7 Å². The molecule has 4 nitrogen and oxygen atoms in total. The van der Waals surface area contributed by atoms with E-state index in [2.05, 4.69) is 4.98 Å². The summed E-state index contributed by atoms with van der Waals surface area (Å²) in [5, 5.41) is 9.04. The average Bonchev–Trinajstić information content (AvgIpc) is 2.40. The Hall–Kier alpha value is -1.20. The first-order chi connectivity index (χ1) is 8.72. The summed E-state index contributed by atoms with van der Waals surface area (Å²) in [4.78, 5) is 5.79. The maximum atomic E-state index is 14.0. The van der Waals surface area contributed by atoms with Crippen molar-refractivity contribution < 1.29 is 14.2 Å². The van der Waals surface area contributed by atoms with Gasteiger partial charge in [-0.1, -0.05) is 0 Å². The van der Waals surface area contributed by atoms with Crippen molar-refractivity contribution in [2.75, 3.05) is 25.1 Å². The molecule has 0 radical (unpaired) electrons. The Labute approximate surface area is 106 Å². The highest BCUT2D eigenvalue weighted by Gasteiger charge is 2.19. The fraction of sp³-hybridized carbons (Fsp3) is 0.615. The molecule has 1 unspecified atom stereocenters. The van der Waals surface area contributed by atoms with Crippen molar-refractivity contribution >= 4 is 5.82 Å². The molecule has 1 aliphatic heterocycles. The zero-order chi connectivity index (χ0) is 13.0. The van der Waals surface area contributed by atoms with Crippen molar-refractivity contribution in [3.63, 3.8) is 0 Å². The molecule has 0 saturated carbocycles. The first-order valence-corrected chi connectivity index (χ1v) is 6.29. The van der Waals surface area contributed by atoms with Crippen molar-refractivity contribution in [1.29, 1.82) is 0 Å². The van der Waals surface area contributed by atoms with Gasteiger partial charge in [0.15, 0.2) is 11.6 Å². The lowest BCUT2D eigenvalue weighted by atomic mass is 10.1. The number of likely N-dealkylation sites (N-methyl/N-ethyl adjacent to an activating group) is 1. The van der Waals surface area contributed by atoms with Crippen LogP contribution in [0.2, 0.25) is 0 Å². The molecule has 1 aliphatic rings. The van der Waals surface area contributed by atoms with Crippen molar-refractivity contribution in [1.82, 2.24) is 4.98 Å². The molecule has 0 aromatic carbocycles. The van der Waals surface area contributed by atoms with Crippen molar-refractivity contribution in [3.05, 3.63) is 23.6 Å². The van der Waals surface area contributed by atoms with Gasteiger partial charge in [-0.25, -0.2) is 9.37 Å². The number of ether oxygens (including phenoxy) is 1. The molecule has 1 aromatic rings. The second-order valence-corrected chi connectivity index (χ2v) is 4.63. The van der Waals surface area contributed by atoms with E-state index in [1.807, 2.05) is 0 Å². The third kappa shape index (κ3) is 2.97. The van der Waals surface area contributed by atoms with Crippen LogP contribution in [-0.4, -0.2) is 36.4 Å². The minimum atomic E-state index is -0.446. The smallest absolute Gasteiger partial charge is 0.171 e. The zero-order valence-corrected chi connectivity index (χ0v) is 10.6. The molecule has 0 aliphatic carbocycles. The minimum absolute atomic E-state index is 0.141. The van der Waals surface area contributed by atoms with E-state index in [0.29, 0.717) is 6.54 Å². The largest absolute Gasteiger partial charge is 0.392 e.